The van der Waals surface area contributed by atoms with Crippen LogP contribution in [0.1, 0.15) is 26.7 Å². The Kier molecular flexibility index (Phi) is 4.49. The molecule has 3 rings (SSSR count). The van der Waals surface area contributed by atoms with Gasteiger partial charge in [0.05, 0.1) is 10.6 Å². The predicted octanol–water partition coefficient (Wildman–Crippen LogP) is 3.75. The molecule has 1 N–H and O–H groups in total. The van der Waals surface area contributed by atoms with E-state index in [4.69, 9.17) is 4.42 Å². The van der Waals surface area contributed by atoms with Crippen molar-refractivity contribution in [1.82, 2.24) is 4.98 Å². The number of nitrogens with zero attached hydrogens (tertiary/aromatic N) is 1. The summed E-state index contributed by atoms with van der Waals surface area (Å²) < 4.78 is 30.4. The summed E-state index contributed by atoms with van der Waals surface area (Å²) >= 11 is 1.34. The van der Waals surface area contributed by atoms with Crippen molar-refractivity contribution in [2.24, 2.45) is 0 Å². The van der Waals surface area contributed by atoms with Crippen LogP contribution in [0.3, 0.4) is 0 Å². The van der Waals surface area contributed by atoms with Crippen LogP contribution >= 0.6 is 11.3 Å². The predicted molar refractivity (Wildman–Crippen MR) is 94.9 cm³/mol. The van der Waals surface area contributed by atoms with Gasteiger partial charge in [-0.15, -0.1) is 11.3 Å². The van der Waals surface area contributed by atoms with Crippen molar-refractivity contribution in [1.29, 1.82) is 0 Å². The first-order valence-corrected chi connectivity index (χ1v) is 9.74. The Morgan fingerprint density at radius 2 is 1.76 bits per heavy atom. The van der Waals surface area contributed by atoms with Gasteiger partial charge in [0.15, 0.2) is 10.9 Å². The minimum Gasteiger partial charge on any atom is -0.439 e. The summed E-state index contributed by atoms with van der Waals surface area (Å²) in [5.41, 5.74) is 1.79. The van der Waals surface area contributed by atoms with E-state index in [2.05, 4.69) is 10.3 Å². The SMILES string of the molecule is Cc1ccc(S(=O)(=O)c2ccc(C(=O)Nc3nc(C)c(C)s3)o2)cc1. The van der Waals surface area contributed by atoms with Gasteiger partial charge in [-0.3, -0.25) is 10.1 Å². The number of hydrogen-bond donors (Lipinski definition) is 1. The van der Waals surface area contributed by atoms with Gasteiger partial charge in [-0.05, 0) is 45.0 Å². The van der Waals surface area contributed by atoms with Crippen LogP contribution in [0, 0.1) is 20.8 Å². The van der Waals surface area contributed by atoms with E-state index >= 15 is 0 Å². The van der Waals surface area contributed by atoms with Gasteiger partial charge < -0.3 is 4.42 Å². The van der Waals surface area contributed by atoms with E-state index in [-0.39, 0.29) is 15.7 Å². The van der Waals surface area contributed by atoms with Crippen LogP contribution in [0.2, 0.25) is 0 Å². The quantitative estimate of drug-likeness (QED) is 0.749. The average molecular weight is 376 g/mol. The molecular formula is C17H16N2O4S2. The summed E-state index contributed by atoms with van der Waals surface area (Å²) in [5.74, 6) is -0.629. The van der Waals surface area contributed by atoms with E-state index in [1.165, 1.54) is 35.6 Å². The largest absolute Gasteiger partial charge is 0.439 e. The third-order valence-corrected chi connectivity index (χ3v) is 6.28. The Labute approximate surface area is 149 Å². The summed E-state index contributed by atoms with van der Waals surface area (Å²) in [6.45, 7) is 5.62. The molecule has 0 bridgehead atoms. The standard InChI is InChI=1S/C17H16N2O4S2/c1-10-4-6-13(7-5-10)25(21,22)15-9-8-14(23-15)16(20)19-17-18-11(2)12(3)24-17/h4-9H,1-3H3,(H,18,19,20). The number of hydrogen-bond acceptors (Lipinski definition) is 6. The van der Waals surface area contributed by atoms with E-state index in [9.17, 15) is 13.2 Å². The molecule has 6 nitrogen and oxygen atoms in total. The minimum atomic E-state index is -3.80. The van der Waals surface area contributed by atoms with Crippen LogP contribution in [-0.4, -0.2) is 19.3 Å². The first kappa shape index (κ1) is 17.4. The molecule has 0 aliphatic rings. The highest BCUT2D eigenvalue weighted by molar-refractivity contribution is 7.91. The number of thiazole rings is 1. The third kappa shape index (κ3) is 3.49. The summed E-state index contributed by atoms with van der Waals surface area (Å²) in [6.07, 6.45) is 0. The highest BCUT2D eigenvalue weighted by atomic mass is 32.2. The van der Waals surface area contributed by atoms with E-state index in [1.54, 1.807) is 12.1 Å². The Balaban J connectivity index is 1.84. The molecule has 0 fully saturated rings. The molecule has 130 valence electrons. The number of amides is 1. The lowest BCUT2D eigenvalue weighted by Gasteiger charge is -2.02. The van der Waals surface area contributed by atoms with E-state index < -0.39 is 15.7 Å². The number of sulfone groups is 1. The minimum absolute atomic E-state index is 0.0869. The van der Waals surface area contributed by atoms with Crippen LogP contribution in [-0.2, 0) is 9.84 Å². The number of carbonyl (C=O) groups is 1. The Morgan fingerprint density at radius 3 is 2.36 bits per heavy atom. The number of aryl methyl sites for hydroxylation is 3. The van der Waals surface area contributed by atoms with Crippen molar-refractivity contribution in [2.45, 2.75) is 30.8 Å². The number of furan rings is 1. The average Bonchev–Trinajstić information content (AvgIpc) is 3.16. The highest BCUT2D eigenvalue weighted by Crippen LogP contribution is 2.25. The Morgan fingerprint density at radius 1 is 1.08 bits per heavy atom. The molecule has 0 saturated heterocycles. The number of carbonyl (C=O) groups excluding carboxylic acids is 1. The molecule has 2 heterocycles. The molecule has 0 aliphatic heterocycles. The molecule has 25 heavy (non-hydrogen) atoms. The first-order chi connectivity index (χ1) is 11.8. The van der Waals surface area contributed by atoms with Crippen molar-refractivity contribution in [2.75, 3.05) is 5.32 Å². The molecule has 0 radical (unpaired) electrons. The fourth-order valence-electron chi connectivity index (χ4n) is 2.11. The Bertz CT molecular complexity index is 1010. The van der Waals surface area contributed by atoms with Gasteiger partial charge >= 0.3 is 0 Å². The summed E-state index contributed by atoms with van der Waals surface area (Å²) in [7, 11) is -3.80. The molecule has 3 aromatic rings. The fraction of sp³-hybridized carbons (Fsp3) is 0.176. The van der Waals surface area contributed by atoms with Crippen molar-refractivity contribution in [3.8, 4) is 0 Å². The number of anilines is 1. The molecular weight excluding hydrogens is 360 g/mol. The topological polar surface area (TPSA) is 89.3 Å². The van der Waals surface area contributed by atoms with Crippen LogP contribution in [0.4, 0.5) is 5.13 Å². The van der Waals surface area contributed by atoms with Crippen molar-refractivity contribution < 1.29 is 17.6 Å². The zero-order chi connectivity index (χ0) is 18.2. The maximum absolute atomic E-state index is 12.6. The highest BCUT2D eigenvalue weighted by Gasteiger charge is 2.24. The van der Waals surface area contributed by atoms with Crippen LogP contribution in [0.25, 0.3) is 0 Å². The summed E-state index contributed by atoms with van der Waals surface area (Å²) in [4.78, 5) is 17.6. The fourth-order valence-corrected chi connectivity index (χ4v) is 4.09. The molecule has 1 aromatic carbocycles. The van der Waals surface area contributed by atoms with Crippen molar-refractivity contribution in [3.05, 3.63) is 58.3 Å². The monoisotopic (exact) mass is 376 g/mol. The van der Waals surface area contributed by atoms with Crippen molar-refractivity contribution in [3.63, 3.8) is 0 Å². The number of rotatable bonds is 4. The molecule has 0 unspecified atom stereocenters. The van der Waals surface area contributed by atoms with Gasteiger partial charge in [0.25, 0.3) is 5.91 Å². The van der Waals surface area contributed by atoms with Crippen LogP contribution in [0.15, 0.2) is 50.8 Å². The summed E-state index contributed by atoms with van der Waals surface area (Å²) in [5, 5.41) is 2.79. The molecule has 2 aromatic heterocycles. The van der Waals surface area contributed by atoms with Gasteiger partial charge in [-0.25, -0.2) is 13.4 Å². The van der Waals surface area contributed by atoms with E-state index in [0.717, 1.165) is 16.1 Å². The number of benzene rings is 1. The lowest BCUT2D eigenvalue weighted by Crippen LogP contribution is -2.10. The van der Waals surface area contributed by atoms with Crippen molar-refractivity contribution >= 4 is 32.2 Å². The van der Waals surface area contributed by atoms with Gasteiger partial charge in [0, 0.05) is 4.88 Å². The molecule has 0 aliphatic carbocycles. The maximum atomic E-state index is 12.6. The number of nitrogens with one attached hydrogen (secondary N) is 1. The van der Waals surface area contributed by atoms with Gasteiger partial charge in [0.2, 0.25) is 14.9 Å². The normalized spacial score (nSPS) is 11.5. The Hall–Kier alpha value is -2.45. The second-order valence-corrected chi connectivity index (χ2v) is 8.63. The zero-order valence-electron chi connectivity index (χ0n) is 13.9. The van der Waals surface area contributed by atoms with Gasteiger partial charge in [-0.2, -0.15) is 0 Å². The second kappa shape index (κ2) is 6.45. The van der Waals surface area contributed by atoms with Gasteiger partial charge in [0.1, 0.15) is 0 Å². The smallest absolute Gasteiger partial charge is 0.293 e. The lowest BCUT2D eigenvalue weighted by molar-refractivity contribution is 0.0991. The lowest BCUT2D eigenvalue weighted by atomic mass is 10.2. The van der Waals surface area contributed by atoms with E-state index in [0.29, 0.717) is 5.13 Å². The second-order valence-electron chi connectivity index (χ2n) is 5.55. The molecule has 0 atom stereocenters. The van der Waals surface area contributed by atoms with Crippen LogP contribution < -0.4 is 5.32 Å². The number of aromatic nitrogens is 1. The summed E-state index contributed by atoms with van der Waals surface area (Å²) in [6, 6.07) is 9.04. The van der Waals surface area contributed by atoms with E-state index in [1.807, 2.05) is 20.8 Å². The van der Waals surface area contributed by atoms with Crippen LogP contribution in [0.5, 0.6) is 0 Å². The molecule has 0 saturated carbocycles. The maximum Gasteiger partial charge on any atom is 0.293 e. The molecule has 1 amide bonds. The first-order valence-electron chi connectivity index (χ1n) is 7.44. The zero-order valence-corrected chi connectivity index (χ0v) is 15.5. The molecule has 8 heteroatoms. The molecule has 0 spiro atoms. The van der Waals surface area contributed by atoms with Gasteiger partial charge in [-0.1, -0.05) is 17.7 Å². The third-order valence-electron chi connectivity index (χ3n) is 3.65.